The van der Waals surface area contributed by atoms with E-state index >= 15 is 0 Å². The van der Waals surface area contributed by atoms with Crippen LogP contribution in [0, 0.1) is 6.92 Å². The molecule has 2 aromatic rings. The number of sulfonamides is 1. The molecule has 1 amide bonds. The molecule has 0 aliphatic rings. The molecule has 0 unspecified atom stereocenters. The normalized spacial score (nSPS) is 11.2. The number of anilines is 2. The van der Waals surface area contributed by atoms with E-state index in [-0.39, 0.29) is 12.5 Å². The molecule has 0 radical (unpaired) electrons. The van der Waals surface area contributed by atoms with E-state index in [0.717, 1.165) is 23.1 Å². The molecule has 0 bridgehead atoms. The second-order valence-corrected chi connectivity index (χ2v) is 8.14. The van der Waals surface area contributed by atoms with Crippen molar-refractivity contribution in [1.29, 1.82) is 0 Å². The van der Waals surface area contributed by atoms with Gasteiger partial charge >= 0.3 is 0 Å². The highest BCUT2D eigenvalue weighted by atomic mass is 32.2. The zero-order valence-corrected chi connectivity index (χ0v) is 16.6. The van der Waals surface area contributed by atoms with Gasteiger partial charge in [0, 0.05) is 12.2 Å². The van der Waals surface area contributed by atoms with Crippen LogP contribution in [0.5, 0.6) is 0 Å². The smallest absolute Gasteiger partial charge is 0.247 e. The summed E-state index contributed by atoms with van der Waals surface area (Å²) in [4.78, 5) is 14.5. The SMILES string of the molecule is CCc1ccccc1N(CC(=O)N(CC)c1cccc(C)c1)S(C)(=O)=O. The van der Waals surface area contributed by atoms with Gasteiger partial charge in [0.25, 0.3) is 0 Å². The van der Waals surface area contributed by atoms with E-state index in [2.05, 4.69) is 0 Å². The van der Waals surface area contributed by atoms with Gasteiger partial charge in [-0.25, -0.2) is 8.42 Å². The molecule has 5 nitrogen and oxygen atoms in total. The van der Waals surface area contributed by atoms with Gasteiger partial charge in [0.15, 0.2) is 0 Å². The van der Waals surface area contributed by atoms with E-state index in [1.54, 1.807) is 17.0 Å². The number of likely N-dealkylation sites (N-methyl/N-ethyl adjacent to an activating group) is 1. The van der Waals surface area contributed by atoms with E-state index in [4.69, 9.17) is 0 Å². The standard InChI is InChI=1S/C20H26N2O3S/c1-5-17-11-7-8-13-19(17)22(26(4,24)25)15-20(23)21(6-2)18-12-9-10-16(3)14-18/h7-14H,5-6,15H2,1-4H3. The third kappa shape index (κ3) is 4.64. The van der Waals surface area contributed by atoms with Crippen molar-refractivity contribution < 1.29 is 13.2 Å². The maximum absolute atomic E-state index is 12.9. The summed E-state index contributed by atoms with van der Waals surface area (Å²) < 4.78 is 26.0. The summed E-state index contributed by atoms with van der Waals surface area (Å²) in [5.41, 5.74) is 3.27. The van der Waals surface area contributed by atoms with E-state index in [1.165, 1.54) is 4.31 Å². The van der Waals surface area contributed by atoms with Crippen molar-refractivity contribution in [3.63, 3.8) is 0 Å². The van der Waals surface area contributed by atoms with Crippen molar-refractivity contribution in [1.82, 2.24) is 0 Å². The van der Waals surface area contributed by atoms with E-state index in [1.807, 2.05) is 57.2 Å². The number of aryl methyl sites for hydroxylation is 2. The molecule has 140 valence electrons. The first kappa shape index (κ1) is 20.0. The van der Waals surface area contributed by atoms with Gasteiger partial charge in [-0.1, -0.05) is 37.3 Å². The number of rotatable bonds is 7. The summed E-state index contributed by atoms with van der Waals surface area (Å²) in [6.07, 6.45) is 1.82. The lowest BCUT2D eigenvalue weighted by Gasteiger charge is -2.28. The van der Waals surface area contributed by atoms with Crippen molar-refractivity contribution in [3.05, 3.63) is 59.7 Å². The molecular weight excluding hydrogens is 348 g/mol. The Balaban J connectivity index is 2.38. The van der Waals surface area contributed by atoms with Gasteiger partial charge < -0.3 is 4.90 Å². The summed E-state index contributed by atoms with van der Waals surface area (Å²) in [6, 6.07) is 14.9. The summed E-state index contributed by atoms with van der Waals surface area (Å²) in [7, 11) is -3.59. The lowest BCUT2D eigenvalue weighted by Crippen LogP contribution is -2.43. The van der Waals surface area contributed by atoms with Crippen LogP contribution in [-0.2, 0) is 21.2 Å². The Morgan fingerprint density at radius 1 is 1.04 bits per heavy atom. The molecule has 0 saturated heterocycles. The fourth-order valence-corrected chi connectivity index (χ4v) is 3.82. The largest absolute Gasteiger partial charge is 0.311 e. The fourth-order valence-electron chi connectivity index (χ4n) is 2.94. The maximum atomic E-state index is 12.9. The van der Waals surface area contributed by atoms with E-state index in [0.29, 0.717) is 18.7 Å². The number of carbonyl (C=O) groups is 1. The summed E-state index contributed by atoms with van der Waals surface area (Å²) in [5, 5.41) is 0. The van der Waals surface area contributed by atoms with Crippen molar-refractivity contribution in [2.75, 3.05) is 28.6 Å². The Hall–Kier alpha value is -2.34. The summed E-state index contributed by atoms with van der Waals surface area (Å²) in [6.45, 7) is 6.05. The van der Waals surface area contributed by atoms with Crippen molar-refractivity contribution in [2.24, 2.45) is 0 Å². The maximum Gasteiger partial charge on any atom is 0.247 e. The number of hydrogen-bond donors (Lipinski definition) is 0. The first-order valence-electron chi connectivity index (χ1n) is 8.70. The molecule has 0 spiro atoms. The molecular formula is C20H26N2O3S. The zero-order valence-electron chi connectivity index (χ0n) is 15.8. The molecule has 2 rings (SSSR count). The average Bonchev–Trinajstić information content (AvgIpc) is 2.59. The second-order valence-electron chi connectivity index (χ2n) is 6.23. The Labute approximate surface area is 156 Å². The molecule has 0 heterocycles. The van der Waals surface area contributed by atoms with Crippen LogP contribution in [0.1, 0.15) is 25.0 Å². The number of carbonyl (C=O) groups excluding carboxylic acids is 1. The monoisotopic (exact) mass is 374 g/mol. The van der Waals surface area contributed by atoms with E-state index in [9.17, 15) is 13.2 Å². The lowest BCUT2D eigenvalue weighted by atomic mass is 10.1. The van der Waals surface area contributed by atoms with Crippen LogP contribution in [0.15, 0.2) is 48.5 Å². The van der Waals surface area contributed by atoms with E-state index < -0.39 is 10.0 Å². The molecule has 2 aromatic carbocycles. The van der Waals surface area contributed by atoms with Gasteiger partial charge in [0.05, 0.1) is 11.9 Å². The predicted molar refractivity (Wildman–Crippen MR) is 107 cm³/mol. The Bertz CT molecular complexity index is 878. The van der Waals surface area contributed by atoms with Crippen LogP contribution >= 0.6 is 0 Å². The molecule has 0 saturated carbocycles. The Morgan fingerprint density at radius 2 is 1.73 bits per heavy atom. The molecule has 0 aliphatic carbocycles. The molecule has 0 N–H and O–H groups in total. The third-order valence-corrected chi connectivity index (χ3v) is 5.38. The minimum atomic E-state index is -3.59. The van der Waals surface area contributed by atoms with Crippen molar-refractivity contribution in [2.45, 2.75) is 27.2 Å². The minimum Gasteiger partial charge on any atom is -0.311 e. The molecule has 6 heteroatoms. The zero-order chi connectivity index (χ0) is 19.3. The number of nitrogens with zero attached hydrogens (tertiary/aromatic N) is 2. The second kappa shape index (κ2) is 8.36. The van der Waals surface area contributed by atoms with Gasteiger partial charge in [-0.05, 0) is 49.6 Å². The van der Waals surface area contributed by atoms with Crippen LogP contribution in [0.3, 0.4) is 0 Å². The predicted octanol–water partition coefficient (Wildman–Crippen LogP) is 3.38. The van der Waals surface area contributed by atoms with Crippen LogP contribution in [0.4, 0.5) is 11.4 Å². The first-order valence-corrected chi connectivity index (χ1v) is 10.5. The highest BCUT2D eigenvalue weighted by Crippen LogP contribution is 2.24. The topological polar surface area (TPSA) is 57.7 Å². The Kier molecular flexibility index (Phi) is 6.42. The van der Waals surface area contributed by atoms with Gasteiger partial charge in [0.2, 0.25) is 15.9 Å². The number of para-hydroxylation sites is 1. The first-order chi connectivity index (χ1) is 12.3. The highest BCUT2D eigenvalue weighted by molar-refractivity contribution is 7.92. The molecule has 0 aromatic heterocycles. The molecule has 0 atom stereocenters. The van der Waals surface area contributed by atoms with Gasteiger partial charge in [-0.2, -0.15) is 0 Å². The van der Waals surface area contributed by atoms with Crippen LogP contribution in [0.2, 0.25) is 0 Å². The summed E-state index contributed by atoms with van der Waals surface area (Å²) in [5.74, 6) is -0.255. The molecule has 26 heavy (non-hydrogen) atoms. The quantitative estimate of drug-likeness (QED) is 0.746. The minimum absolute atomic E-state index is 0.225. The van der Waals surface area contributed by atoms with Gasteiger partial charge in [0.1, 0.15) is 6.54 Å². The number of hydrogen-bond acceptors (Lipinski definition) is 3. The highest BCUT2D eigenvalue weighted by Gasteiger charge is 2.25. The van der Waals surface area contributed by atoms with Crippen LogP contribution in [-0.4, -0.2) is 33.7 Å². The van der Waals surface area contributed by atoms with Crippen LogP contribution < -0.4 is 9.21 Å². The fraction of sp³-hybridized carbons (Fsp3) is 0.350. The van der Waals surface area contributed by atoms with Crippen LogP contribution in [0.25, 0.3) is 0 Å². The molecule has 0 aliphatic heterocycles. The summed E-state index contributed by atoms with van der Waals surface area (Å²) >= 11 is 0. The van der Waals surface area contributed by atoms with Crippen molar-refractivity contribution >= 4 is 27.3 Å². The third-order valence-electron chi connectivity index (χ3n) is 4.25. The average molecular weight is 375 g/mol. The van der Waals surface area contributed by atoms with Crippen molar-refractivity contribution in [3.8, 4) is 0 Å². The lowest BCUT2D eigenvalue weighted by molar-refractivity contribution is -0.117. The Morgan fingerprint density at radius 3 is 2.31 bits per heavy atom. The number of amides is 1. The molecule has 0 fully saturated rings. The number of benzene rings is 2. The van der Waals surface area contributed by atoms with Gasteiger partial charge in [-0.3, -0.25) is 9.10 Å². The van der Waals surface area contributed by atoms with Gasteiger partial charge in [-0.15, -0.1) is 0 Å².